The van der Waals surface area contributed by atoms with E-state index in [9.17, 15) is 9.59 Å². The van der Waals surface area contributed by atoms with Crippen molar-refractivity contribution in [2.24, 2.45) is 0 Å². The number of nitrogens with zero attached hydrogens (tertiary/aromatic N) is 1. The molecule has 0 saturated heterocycles. The van der Waals surface area contributed by atoms with Crippen molar-refractivity contribution in [3.63, 3.8) is 0 Å². The van der Waals surface area contributed by atoms with E-state index < -0.39 is 6.04 Å². The van der Waals surface area contributed by atoms with E-state index in [0.29, 0.717) is 24.8 Å². The lowest BCUT2D eigenvalue weighted by Crippen LogP contribution is -2.49. The summed E-state index contributed by atoms with van der Waals surface area (Å²) in [4.78, 5) is 27.3. The molecular formula is C25H33BrN2O3. The second-order valence-electron chi connectivity index (χ2n) is 8.05. The minimum absolute atomic E-state index is 0.142. The molecule has 2 aromatic rings. The topological polar surface area (TPSA) is 58.6 Å². The minimum Gasteiger partial charge on any atom is -0.483 e. The van der Waals surface area contributed by atoms with Crippen molar-refractivity contribution in [2.75, 3.05) is 13.2 Å². The Kier molecular flexibility index (Phi) is 9.56. The molecule has 0 aliphatic heterocycles. The molecule has 2 amide bonds. The van der Waals surface area contributed by atoms with Gasteiger partial charge in [0.05, 0.1) is 4.47 Å². The number of aryl methyl sites for hydroxylation is 1. The minimum atomic E-state index is -0.603. The van der Waals surface area contributed by atoms with Crippen molar-refractivity contribution < 1.29 is 14.3 Å². The molecule has 31 heavy (non-hydrogen) atoms. The maximum absolute atomic E-state index is 13.1. The van der Waals surface area contributed by atoms with Gasteiger partial charge in [0.25, 0.3) is 5.91 Å². The molecule has 0 radical (unpaired) electrons. The molecule has 5 nitrogen and oxygen atoms in total. The Hall–Kier alpha value is -2.34. The number of rotatable bonds is 10. The van der Waals surface area contributed by atoms with Gasteiger partial charge in [-0.05, 0) is 70.9 Å². The molecule has 0 saturated carbocycles. The van der Waals surface area contributed by atoms with Crippen LogP contribution in [0.3, 0.4) is 0 Å². The maximum atomic E-state index is 13.1. The molecule has 168 valence electrons. The van der Waals surface area contributed by atoms with Gasteiger partial charge in [0, 0.05) is 13.1 Å². The molecule has 0 aliphatic carbocycles. The third-order valence-corrected chi connectivity index (χ3v) is 5.91. The number of ether oxygens (including phenoxy) is 1. The summed E-state index contributed by atoms with van der Waals surface area (Å²) in [6.45, 7) is 10.8. The highest BCUT2D eigenvalue weighted by Gasteiger charge is 2.26. The molecule has 2 rings (SSSR count). The second-order valence-corrected chi connectivity index (χ2v) is 8.90. The Morgan fingerprint density at radius 2 is 1.84 bits per heavy atom. The molecule has 1 atom stereocenters. The van der Waals surface area contributed by atoms with E-state index in [4.69, 9.17) is 4.74 Å². The number of benzene rings is 2. The van der Waals surface area contributed by atoms with Crippen LogP contribution in [0.25, 0.3) is 0 Å². The molecule has 0 spiro atoms. The Balaban J connectivity index is 2.17. The highest BCUT2D eigenvalue weighted by molar-refractivity contribution is 9.10. The molecule has 1 N–H and O–H groups in total. The van der Waals surface area contributed by atoms with Gasteiger partial charge < -0.3 is 15.0 Å². The summed E-state index contributed by atoms with van der Waals surface area (Å²) in [5.74, 6) is 0.615. The maximum Gasteiger partial charge on any atom is 0.261 e. The lowest BCUT2D eigenvalue weighted by Gasteiger charge is -2.29. The summed E-state index contributed by atoms with van der Waals surface area (Å²) in [5.41, 5.74) is 3.27. The molecule has 2 aromatic carbocycles. The van der Waals surface area contributed by atoms with Crippen LogP contribution >= 0.6 is 15.9 Å². The molecular weight excluding hydrogens is 456 g/mol. The number of amides is 2. The molecule has 0 heterocycles. The van der Waals surface area contributed by atoms with Gasteiger partial charge in [-0.15, -0.1) is 0 Å². The van der Waals surface area contributed by atoms with Gasteiger partial charge in [0.2, 0.25) is 5.91 Å². The van der Waals surface area contributed by atoms with Gasteiger partial charge in [-0.1, -0.05) is 51.1 Å². The molecule has 0 unspecified atom stereocenters. The van der Waals surface area contributed by atoms with Crippen molar-refractivity contribution in [1.29, 1.82) is 0 Å². The third-order valence-electron chi connectivity index (χ3n) is 5.29. The summed E-state index contributed by atoms with van der Waals surface area (Å²) in [5, 5.41) is 2.89. The SMILES string of the molecule is CCCNC(=O)[C@H](C)N(Cc1ccccc1C)C(=O)COc1ccc(C(C)C)cc1Br. The van der Waals surface area contributed by atoms with Crippen LogP contribution in [-0.2, 0) is 16.1 Å². The Labute approximate surface area is 194 Å². The summed E-state index contributed by atoms with van der Waals surface area (Å²) >= 11 is 3.53. The van der Waals surface area contributed by atoms with Crippen LogP contribution in [0.15, 0.2) is 46.9 Å². The monoisotopic (exact) mass is 488 g/mol. The summed E-state index contributed by atoms with van der Waals surface area (Å²) in [6, 6.07) is 13.2. The van der Waals surface area contributed by atoms with Gasteiger partial charge in [0.15, 0.2) is 6.61 Å². The number of carbonyl (C=O) groups excluding carboxylic acids is 2. The predicted octanol–water partition coefficient (Wildman–Crippen LogP) is 5.20. The van der Waals surface area contributed by atoms with Gasteiger partial charge in [-0.25, -0.2) is 0 Å². The smallest absolute Gasteiger partial charge is 0.261 e. The summed E-state index contributed by atoms with van der Waals surface area (Å²) in [6.07, 6.45) is 0.841. The van der Waals surface area contributed by atoms with E-state index in [1.807, 2.05) is 56.3 Å². The fourth-order valence-electron chi connectivity index (χ4n) is 3.17. The quantitative estimate of drug-likeness (QED) is 0.499. The van der Waals surface area contributed by atoms with Crippen LogP contribution in [0.2, 0.25) is 0 Å². The van der Waals surface area contributed by atoms with Gasteiger partial charge in [-0.3, -0.25) is 9.59 Å². The molecule has 0 bridgehead atoms. The van der Waals surface area contributed by atoms with Crippen molar-refractivity contribution in [2.45, 2.75) is 59.5 Å². The largest absolute Gasteiger partial charge is 0.483 e. The number of hydrogen-bond acceptors (Lipinski definition) is 3. The number of halogens is 1. The predicted molar refractivity (Wildman–Crippen MR) is 128 cm³/mol. The van der Waals surface area contributed by atoms with E-state index in [2.05, 4.69) is 35.1 Å². The first-order valence-electron chi connectivity index (χ1n) is 10.8. The normalized spacial score (nSPS) is 11.8. The summed E-state index contributed by atoms with van der Waals surface area (Å²) < 4.78 is 6.63. The van der Waals surface area contributed by atoms with Gasteiger partial charge in [0.1, 0.15) is 11.8 Å². The molecule has 0 fully saturated rings. The molecule has 0 aliphatic rings. The third kappa shape index (κ3) is 7.10. The lowest BCUT2D eigenvalue weighted by molar-refractivity contribution is -0.142. The zero-order valence-electron chi connectivity index (χ0n) is 19.1. The summed E-state index contributed by atoms with van der Waals surface area (Å²) in [7, 11) is 0. The highest BCUT2D eigenvalue weighted by Crippen LogP contribution is 2.29. The average molecular weight is 489 g/mol. The second kappa shape index (κ2) is 11.9. The fraction of sp³-hybridized carbons (Fsp3) is 0.440. The zero-order valence-corrected chi connectivity index (χ0v) is 20.7. The number of nitrogens with one attached hydrogen (secondary N) is 1. The Bertz CT molecular complexity index is 898. The van der Waals surface area contributed by atoms with Crippen molar-refractivity contribution in [3.05, 3.63) is 63.6 Å². The van der Waals surface area contributed by atoms with Crippen LogP contribution in [0, 0.1) is 6.92 Å². The number of hydrogen-bond donors (Lipinski definition) is 1. The van der Waals surface area contributed by atoms with Crippen LogP contribution in [0.1, 0.15) is 56.7 Å². The highest BCUT2D eigenvalue weighted by atomic mass is 79.9. The van der Waals surface area contributed by atoms with Crippen LogP contribution < -0.4 is 10.1 Å². The molecule has 6 heteroatoms. The van der Waals surface area contributed by atoms with E-state index in [1.54, 1.807) is 11.8 Å². The Morgan fingerprint density at radius 1 is 1.13 bits per heavy atom. The van der Waals surface area contributed by atoms with E-state index in [-0.39, 0.29) is 18.4 Å². The first-order valence-corrected chi connectivity index (χ1v) is 11.6. The van der Waals surface area contributed by atoms with E-state index >= 15 is 0 Å². The van der Waals surface area contributed by atoms with Crippen molar-refractivity contribution >= 4 is 27.7 Å². The fourth-order valence-corrected chi connectivity index (χ4v) is 3.68. The van der Waals surface area contributed by atoms with Crippen molar-refractivity contribution in [3.8, 4) is 5.75 Å². The number of carbonyl (C=O) groups is 2. The van der Waals surface area contributed by atoms with Crippen molar-refractivity contribution in [1.82, 2.24) is 10.2 Å². The lowest BCUT2D eigenvalue weighted by atomic mass is 10.0. The zero-order chi connectivity index (χ0) is 23.0. The van der Waals surface area contributed by atoms with Crippen LogP contribution in [0.4, 0.5) is 0 Å². The Morgan fingerprint density at radius 3 is 2.45 bits per heavy atom. The van der Waals surface area contributed by atoms with Crippen LogP contribution in [-0.4, -0.2) is 35.9 Å². The standard InChI is InChI=1S/C25H33BrN2O3/c1-6-13-27-25(30)19(5)28(15-21-10-8-7-9-18(21)4)24(29)16-31-23-12-11-20(17(2)3)14-22(23)26/h7-12,14,17,19H,6,13,15-16H2,1-5H3,(H,27,30)/t19-/m0/s1. The molecule has 0 aromatic heterocycles. The van der Waals surface area contributed by atoms with Gasteiger partial charge >= 0.3 is 0 Å². The first kappa shape index (κ1) is 24.9. The van der Waals surface area contributed by atoms with E-state index in [0.717, 1.165) is 22.0 Å². The van der Waals surface area contributed by atoms with E-state index in [1.165, 1.54) is 5.56 Å². The first-order chi connectivity index (χ1) is 14.7. The average Bonchev–Trinajstić information content (AvgIpc) is 2.75. The van der Waals surface area contributed by atoms with Gasteiger partial charge in [-0.2, -0.15) is 0 Å². The van der Waals surface area contributed by atoms with Crippen LogP contribution in [0.5, 0.6) is 5.75 Å².